The molecule has 1 atom stereocenters. The highest BCUT2D eigenvalue weighted by atomic mass is 16.6. The van der Waals surface area contributed by atoms with Gasteiger partial charge in [-0.2, -0.15) is 0 Å². The fraction of sp³-hybridized carbons (Fsp3) is 0.467. The number of carbonyl (C=O) groups excluding carboxylic acids is 2. The maximum atomic E-state index is 12.2. The monoisotopic (exact) mass is 319 g/mol. The molecule has 0 heterocycles. The average molecular weight is 319 g/mol. The maximum absolute atomic E-state index is 12.2. The average Bonchev–Trinajstić information content (AvgIpc) is 2.48. The van der Waals surface area contributed by atoms with Gasteiger partial charge in [0.05, 0.1) is 6.54 Å². The molecular formula is C15H21N5O3. The Balaban J connectivity index is 2.63. The molecular weight excluding hydrogens is 298 g/mol. The van der Waals surface area contributed by atoms with Gasteiger partial charge >= 0.3 is 6.09 Å². The van der Waals surface area contributed by atoms with Gasteiger partial charge in [0, 0.05) is 11.5 Å². The Bertz CT molecular complexity index is 577. The summed E-state index contributed by atoms with van der Waals surface area (Å²) in [6, 6.07) is 8.33. The summed E-state index contributed by atoms with van der Waals surface area (Å²) in [5.41, 5.74) is 8.64. The number of rotatable bonds is 6. The van der Waals surface area contributed by atoms with Crippen molar-refractivity contribution in [1.82, 2.24) is 10.6 Å². The predicted octanol–water partition coefficient (Wildman–Crippen LogP) is 2.51. The van der Waals surface area contributed by atoms with Gasteiger partial charge in [-0.1, -0.05) is 35.4 Å². The first-order valence-electron chi connectivity index (χ1n) is 7.14. The number of benzene rings is 1. The van der Waals surface area contributed by atoms with Crippen LogP contribution in [0.4, 0.5) is 4.79 Å². The van der Waals surface area contributed by atoms with Crippen molar-refractivity contribution >= 4 is 12.0 Å². The molecule has 0 fully saturated rings. The quantitative estimate of drug-likeness (QED) is 0.476. The zero-order valence-electron chi connectivity index (χ0n) is 13.4. The lowest BCUT2D eigenvalue weighted by Crippen LogP contribution is -2.49. The Morgan fingerprint density at radius 3 is 2.52 bits per heavy atom. The Hall–Kier alpha value is -2.73. The second-order valence-electron chi connectivity index (χ2n) is 5.82. The van der Waals surface area contributed by atoms with Gasteiger partial charge in [-0.25, -0.2) is 4.79 Å². The summed E-state index contributed by atoms with van der Waals surface area (Å²) in [4.78, 5) is 26.5. The van der Waals surface area contributed by atoms with Gasteiger partial charge in [0.25, 0.3) is 0 Å². The molecule has 0 aromatic heterocycles. The van der Waals surface area contributed by atoms with Crippen molar-refractivity contribution in [3.05, 3.63) is 46.3 Å². The van der Waals surface area contributed by atoms with E-state index in [2.05, 4.69) is 20.7 Å². The molecule has 0 unspecified atom stereocenters. The molecule has 0 saturated heterocycles. The van der Waals surface area contributed by atoms with Crippen LogP contribution in [-0.4, -0.2) is 30.2 Å². The number of amides is 2. The van der Waals surface area contributed by atoms with E-state index in [9.17, 15) is 9.59 Å². The largest absolute Gasteiger partial charge is 0.444 e. The third kappa shape index (κ3) is 7.73. The number of nitrogens with zero attached hydrogens (tertiary/aromatic N) is 3. The fourth-order valence-electron chi connectivity index (χ4n) is 1.67. The highest BCUT2D eigenvalue weighted by Crippen LogP contribution is 2.07. The van der Waals surface area contributed by atoms with Crippen LogP contribution in [0.3, 0.4) is 0 Å². The Kier molecular flexibility index (Phi) is 6.89. The highest BCUT2D eigenvalue weighted by molar-refractivity contribution is 5.85. The molecule has 0 spiro atoms. The van der Waals surface area contributed by atoms with Crippen molar-refractivity contribution in [3.8, 4) is 0 Å². The number of hydrogen-bond donors (Lipinski definition) is 2. The number of nitrogens with one attached hydrogen (secondary N) is 2. The lowest BCUT2D eigenvalue weighted by Gasteiger charge is -2.22. The number of alkyl carbamates (subject to hydrolysis) is 1. The summed E-state index contributed by atoms with van der Waals surface area (Å²) >= 11 is 0. The van der Waals surface area contributed by atoms with E-state index in [0.29, 0.717) is 6.54 Å². The van der Waals surface area contributed by atoms with E-state index in [1.54, 1.807) is 20.8 Å². The van der Waals surface area contributed by atoms with Crippen LogP contribution in [0.1, 0.15) is 26.3 Å². The molecule has 0 saturated carbocycles. The van der Waals surface area contributed by atoms with Crippen molar-refractivity contribution in [2.75, 3.05) is 6.54 Å². The molecule has 1 aromatic rings. The summed E-state index contributed by atoms with van der Waals surface area (Å²) in [6.45, 7) is 5.25. The lowest BCUT2D eigenvalue weighted by atomic mass is 10.2. The maximum Gasteiger partial charge on any atom is 0.408 e. The van der Waals surface area contributed by atoms with E-state index in [4.69, 9.17) is 10.3 Å². The first kappa shape index (κ1) is 18.3. The van der Waals surface area contributed by atoms with Crippen LogP contribution in [0.15, 0.2) is 35.4 Å². The van der Waals surface area contributed by atoms with Gasteiger partial charge in [0.1, 0.15) is 11.6 Å². The molecule has 2 amide bonds. The van der Waals surface area contributed by atoms with Crippen LogP contribution >= 0.6 is 0 Å². The van der Waals surface area contributed by atoms with Gasteiger partial charge in [-0.3, -0.25) is 4.79 Å². The van der Waals surface area contributed by atoms with Crippen molar-refractivity contribution < 1.29 is 14.3 Å². The smallest absolute Gasteiger partial charge is 0.408 e. The topological polar surface area (TPSA) is 116 Å². The molecule has 0 aliphatic rings. The number of ether oxygens (including phenoxy) is 1. The van der Waals surface area contributed by atoms with Crippen LogP contribution in [0, 0.1) is 0 Å². The molecule has 2 N–H and O–H groups in total. The van der Waals surface area contributed by atoms with Crippen molar-refractivity contribution in [3.63, 3.8) is 0 Å². The van der Waals surface area contributed by atoms with Gasteiger partial charge in [0.15, 0.2) is 0 Å². The van der Waals surface area contributed by atoms with E-state index >= 15 is 0 Å². The molecule has 124 valence electrons. The van der Waals surface area contributed by atoms with E-state index in [-0.39, 0.29) is 6.54 Å². The van der Waals surface area contributed by atoms with Gasteiger partial charge < -0.3 is 15.4 Å². The number of hydrogen-bond acceptors (Lipinski definition) is 4. The Morgan fingerprint density at radius 1 is 1.30 bits per heavy atom. The van der Waals surface area contributed by atoms with E-state index < -0.39 is 23.6 Å². The normalized spacial score (nSPS) is 11.8. The molecule has 0 radical (unpaired) electrons. The first-order valence-corrected chi connectivity index (χ1v) is 7.14. The molecule has 0 aliphatic carbocycles. The SMILES string of the molecule is CC(C)(C)OC(=O)N[C@@H](CN=[N+]=[N-])C(=O)NCc1ccccc1. The van der Waals surface area contributed by atoms with Crippen LogP contribution in [-0.2, 0) is 16.1 Å². The summed E-state index contributed by atoms with van der Waals surface area (Å²) in [5.74, 6) is -0.452. The standard InChI is InChI=1S/C15H21N5O3/c1-15(2,3)23-14(22)19-12(10-18-20-16)13(21)17-9-11-7-5-4-6-8-11/h4-8,12H,9-10H2,1-3H3,(H,17,21)(H,19,22)/t12-/m0/s1. The van der Waals surface area contributed by atoms with Crippen molar-refractivity contribution in [2.24, 2.45) is 5.11 Å². The molecule has 23 heavy (non-hydrogen) atoms. The second kappa shape index (κ2) is 8.65. The van der Waals surface area contributed by atoms with Crippen LogP contribution < -0.4 is 10.6 Å². The van der Waals surface area contributed by atoms with Crippen LogP contribution in [0.2, 0.25) is 0 Å². The van der Waals surface area contributed by atoms with Crippen molar-refractivity contribution in [1.29, 1.82) is 0 Å². The third-order valence-corrected chi connectivity index (χ3v) is 2.64. The highest BCUT2D eigenvalue weighted by Gasteiger charge is 2.23. The van der Waals surface area contributed by atoms with Gasteiger partial charge in [-0.15, -0.1) is 0 Å². The Morgan fingerprint density at radius 2 is 1.96 bits per heavy atom. The van der Waals surface area contributed by atoms with Gasteiger partial charge in [-0.05, 0) is 31.9 Å². The first-order chi connectivity index (χ1) is 10.8. The lowest BCUT2D eigenvalue weighted by molar-refractivity contribution is -0.123. The molecule has 0 aliphatic heterocycles. The molecule has 8 heteroatoms. The molecule has 8 nitrogen and oxygen atoms in total. The molecule has 0 bridgehead atoms. The third-order valence-electron chi connectivity index (χ3n) is 2.64. The minimum absolute atomic E-state index is 0.198. The van der Waals surface area contributed by atoms with Gasteiger partial charge in [0.2, 0.25) is 5.91 Å². The van der Waals surface area contributed by atoms with Crippen molar-refractivity contribution in [2.45, 2.75) is 39.0 Å². The summed E-state index contributed by atoms with van der Waals surface area (Å²) in [6.07, 6.45) is -0.745. The summed E-state index contributed by atoms with van der Waals surface area (Å²) in [7, 11) is 0. The molecule has 1 rings (SSSR count). The molecule has 1 aromatic carbocycles. The van der Waals surface area contributed by atoms with Crippen LogP contribution in [0.5, 0.6) is 0 Å². The van der Waals surface area contributed by atoms with E-state index in [0.717, 1.165) is 5.56 Å². The second-order valence-corrected chi connectivity index (χ2v) is 5.82. The predicted molar refractivity (Wildman–Crippen MR) is 85.5 cm³/mol. The summed E-state index contributed by atoms with van der Waals surface area (Å²) < 4.78 is 5.10. The zero-order chi connectivity index (χ0) is 17.3. The summed E-state index contributed by atoms with van der Waals surface area (Å²) in [5, 5.41) is 8.44. The zero-order valence-corrected chi connectivity index (χ0v) is 13.4. The van der Waals surface area contributed by atoms with Crippen LogP contribution in [0.25, 0.3) is 10.4 Å². The van der Waals surface area contributed by atoms with E-state index in [1.165, 1.54) is 0 Å². The number of azide groups is 1. The Labute approximate surface area is 134 Å². The minimum atomic E-state index is -0.996. The number of carbonyl (C=O) groups is 2. The fourth-order valence-corrected chi connectivity index (χ4v) is 1.67. The van der Waals surface area contributed by atoms with E-state index in [1.807, 2.05) is 30.3 Å². The minimum Gasteiger partial charge on any atom is -0.444 e.